The third-order valence-corrected chi connectivity index (χ3v) is 5.54. The number of aryl methyl sites for hydroxylation is 1. The first kappa shape index (κ1) is 21.3. The number of carbonyl (C=O) groups is 2. The van der Waals surface area contributed by atoms with Gasteiger partial charge in [-0.2, -0.15) is 5.26 Å². The third-order valence-electron chi connectivity index (χ3n) is 5.54. The van der Waals surface area contributed by atoms with E-state index in [2.05, 4.69) is 24.0 Å². The van der Waals surface area contributed by atoms with Crippen LogP contribution in [-0.2, 0) is 11.2 Å². The summed E-state index contributed by atoms with van der Waals surface area (Å²) in [7, 11) is 0. The third kappa shape index (κ3) is 5.36. The van der Waals surface area contributed by atoms with Crippen LogP contribution in [0.1, 0.15) is 40.7 Å². The average molecular weight is 402 g/mol. The topological polar surface area (TPSA) is 73.2 Å². The van der Waals surface area contributed by atoms with Crippen LogP contribution in [0.3, 0.4) is 0 Å². The Morgan fingerprint density at radius 1 is 1.23 bits per heavy atom. The van der Waals surface area contributed by atoms with Crippen molar-refractivity contribution in [3.8, 4) is 6.07 Å². The van der Waals surface area contributed by atoms with Crippen molar-refractivity contribution >= 4 is 11.8 Å². The molecule has 1 aliphatic rings. The number of amides is 2. The van der Waals surface area contributed by atoms with Gasteiger partial charge in [-0.15, -0.1) is 6.58 Å². The van der Waals surface area contributed by atoms with E-state index in [1.54, 1.807) is 30.3 Å². The molecule has 1 aliphatic heterocycles. The summed E-state index contributed by atoms with van der Waals surface area (Å²) >= 11 is 0. The lowest BCUT2D eigenvalue weighted by Crippen LogP contribution is -2.42. The summed E-state index contributed by atoms with van der Waals surface area (Å²) in [6, 6.07) is 18.9. The van der Waals surface area contributed by atoms with E-state index in [1.165, 1.54) is 5.56 Å². The predicted molar refractivity (Wildman–Crippen MR) is 117 cm³/mol. The molecule has 154 valence electrons. The molecule has 0 unspecified atom stereocenters. The molecule has 5 nitrogen and oxygen atoms in total. The zero-order valence-corrected chi connectivity index (χ0v) is 17.1. The lowest BCUT2D eigenvalue weighted by molar-refractivity contribution is -0.132. The molecule has 2 aromatic carbocycles. The van der Waals surface area contributed by atoms with Crippen molar-refractivity contribution in [2.24, 2.45) is 5.92 Å². The first-order chi connectivity index (χ1) is 14.6. The Bertz CT molecular complexity index is 933. The molecule has 2 amide bonds. The van der Waals surface area contributed by atoms with Gasteiger partial charge in [0.2, 0.25) is 5.91 Å². The first-order valence-corrected chi connectivity index (χ1v) is 10.4. The van der Waals surface area contributed by atoms with Gasteiger partial charge in [0.1, 0.15) is 0 Å². The van der Waals surface area contributed by atoms with Crippen LogP contribution in [0.4, 0.5) is 0 Å². The number of carbonyl (C=O) groups excluding carboxylic acids is 2. The maximum Gasteiger partial charge on any atom is 0.251 e. The molecule has 0 spiro atoms. The second-order valence-electron chi connectivity index (χ2n) is 7.63. The molecule has 0 aromatic heterocycles. The summed E-state index contributed by atoms with van der Waals surface area (Å²) in [4.78, 5) is 27.3. The Balaban J connectivity index is 1.60. The minimum atomic E-state index is -0.226. The molecule has 3 rings (SSSR count). The van der Waals surface area contributed by atoms with E-state index in [-0.39, 0.29) is 23.8 Å². The number of nitrogens with zero attached hydrogens (tertiary/aromatic N) is 2. The Kier molecular flexibility index (Phi) is 7.40. The van der Waals surface area contributed by atoms with Crippen LogP contribution < -0.4 is 5.32 Å². The fourth-order valence-electron chi connectivity index (χ4n) is 4.00. The molecule has 1 saturated heterocycles. The quantitative estimate of drug-likeness (QED) is 0.651. The molecule has 5 heteroatoms. The monoisotopic (exact) mass is 401 g/mol. The smallest absolute Gasteiger partial charge is 0.251 e. The van der Waals surface area contributed by atoms with E-state index < -0.39 is 0 Å². The molecule has 1 fully saturated rings. The first-order valence-electron chi connectivity index (χ1n) is 10.4. The SMILES string of the molecule is C=CC[C@@H]1C[C@@H](CNC(=O)c2cccc(C#N)c2)N(CCCc2ccccc2)C1=O. The number of nitrogens with one attached hydrogen (secondary N) is 1. The molecule has 2 atom stereocenters. The maximum atomic E-state index is 12.9. The Morgan fingerprint density at radius 2 is 2.03 bits per heavy atom. The second kappa shape index (κ2) is 10.4. The van der Waals surface area contributed by atoms with Crippen LogP contribution in [0.15, 0.2) is 67.3 Å². The highest BCUT2D eigenvalue weighted by Crippen LogP contribution is 2.28. The van der Waals surface area contributed by atoms with Crippen LogP contribution in [0, 0.1) is 17.2 Å². The second-order valence-corrected chi connectivity index (χ2v) is 7.63. The van der Waals surface area contributed by atoms with Crippen LogP contribution in [0.25, 0.3) is 0 Å². The van der Waals surface area contributed by atoms with Gasteiger partial charge in [-0.05, 0) is 49.4 Å². The van der Waals surface area contributed by atoms with Gasteiger partial charge in [0.15, 0.2) is 0 Å². The van der Waals surface area contributed by atoms with Gasteiger partial charge in [-0.1, -0.05) is 42.5 Å². The Hall–Kier alpha value is -3.39. The average Bonchev–Trinajstić information content (AvgIpc) is 3.07. The number of rotatable bonds is 9. The lowest BCUT2D eigenvalue weighted by Gasteiger charge is -2.25. The summed E-state index contributed by atoms with van der Waals surface area (Å²) in [5.74, 6) is -0.146. The van der Waals surface area contributed by atoms with Gasteiger partial charge in [0.25, 0.3) is 5.91 Å². The Labute approximate surface area is 178 Å². The fraction of sp³-hybridized carbons (Fsp3) is 0.320. The van der Waals surface area contributed by atoms with Gasteiger partial charge < -0.3 is 10.2 Å². The number of hydrogen-bond donors (Lipinski definition) is 1. The summed E-state index contributed by atoms with van der Waals surface area (Å²) in [5.41, 5.74) is 2.16. The summed E-state index contributed by atoms with van der Waals surface area (Å²) in [5, 5.41) is 12.0. The highest BCUT2D eigenvalue weighted by molar-refractivity contribution is 5.94. The van der Waals surface area contributed by atoms with Crippen molar-refractivity contribution in [1.82, 2.24) is 10.2 Å². The van der Waals surface area contributed by atoms with Crippen LogP contribution in [-0.4, -0.2) is 35.8 Å². The highest BCUT2D eigenvalue weighted by Gasteiger charge is 2.38. The summed E-state index contributed by atoms with van der Waals surface area (Å²) in [6.45, 7) is 4.85. The molecule has 0 aliphatic carbocycles. The molecule has 0 radical (unpaired) electrons. The minimum Gasteiger partial charge on any atom is -0.350 e. The van der Waals surface area contributed by atoms with E-state index in [4.69, 9.17) is 5.26 Å². The predicted octanol–water partition coefficient (Wildman–Crippen LogP) is 3.71. The molecule has 2 aromatic rings. The zero-order chi connectivity index (χ0) is 21.3. The molecule has 1 N–H and O–H groups in total. The fourth-order valence-corrected chi connectivity index (χ4v) is 4.00. The maximum absolute atomic E-state index is 12.9. The van der Waals surface area contributed by atoms with E-state index in [0.717, 1.165) is 12.8 Å². The van der Waals surface area contributed by atoms with Gasteiger partial charge in [0, 0.05) is 30.6 Å². The highest BCUT2D eigenvalue weighted by atomic mass is 16.2. The van der Waals surface area contributed by atoms with Crippen LogP contribution in [0.5, 0.6) is 0 Å². The van der Waals surface area contributed by atoms with Crippen LogP contribution in [0.2, 0.25) is 0 Å². The van der Waals surface area contributed by atoms with Gasteiger partial charge in [0.05, 0.1) is 11.6 Å². The van der Waals surface area contributed by atoms with E-state index in [1.807, 2.05) is 29.2 Å². The number of nitriles is 1. The molecule has 30 heavy (non-hydrogen) atoms. The van der Waals surface area contributed by atoms with E-state index in [9.17, 15) is 9.59 Å². The summed E-state index contributed by atoms with van der Waals surface area (Å²) < 4.78 is 0. The molecule has 0 bridgehead atoms. The van der Waals surface area contributed by atoms with Crippen molar-refractivity contribution in [2.75, 3.05) is 13.1 Å². The number of hydrogen-bond acceptors (Lipinski definition) is 3. The normalized spacial score (nSPS) is 18.1. The lowest BCUT2D eigenvalue weighted by atomic mass is 10.0. The number of benzene rings is 2. The molecule has 0 saturated carbocycles. The number of allylic oxidation sites excluding steroid dienone is 1. The van der Waals surface area contributed by atoms with Crippen LogP contribution >= 0.6 is 0 Å². The Morgan fingerprint density at radius 3 is 2.77 bits per heavy atom. The van der Waals surface area contributed by atoms with Gasteiger partial charge >= 0.3 is 0 Å². The largest absolute Gasteiger partial charge is 0.350 e. The van der Waals surface area contributed by atoms with Gasteiger partial charge in [-0.3, -0.25) is 9.59 Å². The van der Waals surface area contributed by atoms with Crippen molar-refractivity contribution < 1.29 is 9.59 Å². The van der Waals surface area contributed by atoms with E-state index >= 15 is 0 Å². The van der Waals surface area contributed by atoms with Crippen molar-refractivity contribution in [1.29, 1.82) is 5.26 Å². The zero-order valence-electron chi connectivity index (χ0n) is 17.1. The van der Waals surface area contributed by atoms with Crippen molar-refractivity contribution in [2.45, 2.75) is 31.7 Å². The molecule has 1 heterocycles. The van der Waals surface area contributed by atoms with Crippen molar-refractivity contribution in [3.05, 3.63) is 83.9 Å². The van der Waals surface area contributed by atoms with Gasteiger partial charge in [-0.25, -0.2) is 0 Å². The molecular formula is C25H27N3O2. The standard InChI is InChI=1S/C25H27N3O2/c1-2-8-22-16-23(18-27-24(29)21-13-6-11-20(15-21)17-26)28(25(22)30)14-7-12-19-9-4-3-5-10-19/h2-6,9-11,13,15,22-23H,1,7-8,12,14,16,18H2,(H,27,29)/t22-,23+/m1/s1. The molecular weight excluding hydrogens is 374 g/mol. The van der Waals surface area contributed by atoms with E-state index in [0.29, 0.717) is 37.1 Å². The van der Waals surface area contributed by atoms with Crippen molar-refractivity contribution in [3.63, 3.8) is 0 Å². The minimum absolute atomic E-state index is 0.0266. The summed E-state index contributed by atoms with van der Waals surface area (Å²) in [6.07, 6.45) is 4.96. The number of likely N-dealkylation sites (tertiary alicyclic amines) is 1.